The topological polar surface area (TPSA) is 103 Å². The largest absolute Gasteiger partial charge is 0.481 e. The van der Waals surface area contributed by atoms with Gasteiger partial charge in [0.1, 0.15) is 0 Å². The quantitative estimate of drug-likeness (QED) is 0.687. The van der Waals surface area contributed by atoms with Crippen LogP contribution in [0.4, 0.5) is 0 Å². The van der Waals surface area contributed by atoms with Gasteiger partial charge in [-0.25, -0.2) is 4.79 Å². The third-order valence-corrected chi connectivity index (χ3v) is 4.56. The first-order chi connectivity index (χ1) is 11.6. The number of hydrogen-bond acceptors (Lipinski definition) is 6. The van der Waals surface area contributed by atoms with Crippen LogP contribution in [0.3, 0.4) is 0 Å². The molecule has 1 aliphatic rings. The highest BCUT2D eigenvalue weighted by atomic mass is 16.5. The van der Waals surface area contributed by atoms with Crippen molar-refractivity contribution in [1.29, 1.82) is 0 Å². The van der Waals surface area contributed by atoms with Gasteiger partial charge in [0, 0.05) is 5.92 Å². The van der Waals surface area contributed by atoms with Crippen molar-refractivity contribution < 1.29 is 24.0 Å². The maximum atomic E-state index is 11.6. The Hall–Kier alpha value is -1.92. The van der Waals surface area contributed by atoms with Gasteiger partial charge in [0.15, 0.2) is 0 Å². The van der Waals surface area contributed by atoms with E-state index in [-0.39, 0.29) is 30.7 Å². The fraction of sp³-hybridized carbons (Fsp3) is 0.765. The number of nitrogens with zero attached hydrogens (tertiary/aromatic N) is 2. The molecule has 0 saturated heterocycles. The average Bonchev–Trinajstić information content (AvgIpc) is 3.05. The predicted molar refractivity (Wildman–Crippen MR) is 85.7 cm³/mol. The SMILES string of the molecule is CCOC(=O)c1noc(C(CCCC2CCCCC2)CC(=O)O)n1. The van der Waals surface area contributed by atoms with E-state index in [4.69, 9.17) is 14.4 Å². The lowest BCUT2D eigenvalue weighted by atomic mass is 9.84. The molecule has 0 amide bonds. The van der Waals surface area contributed by atoms with E-state index in [1.807, 2.05) is 0 Å². The Balaban J connectivity index is 1.91. The number of hydrogen-bond donors (Lipinski definition) is 1. The molecule has 1 saturated carbocycles. The Morgan fingerprint density at radius 1 is 1.33 bits per heavy atom. The number of carboxylic acid groups (broad SMARTS) is 1. The molecule has 2 rings (SSSR count). The molecular formula is C17H26N2O5. The number of carboxylic acids is 1. The number of aromatic nitrogens is 2. The van der Waals surface area contributed by atoms with Crippen molar-refractivity contribution >= 4 is 11.9 Å². The Bertz CT molecular complexity index is 537. The molecule has 1 unspecified atom stereocenters. The first-order valence-corrected chi connectivity index (χ1v) is 8.82. The summed E-state index contributed by atoms with van der Waals surface area (Å²) in [7, 11) is 0. The van der Waals surface area contributed by atoms with E-state index >= 15 is 0 Å². The molecular weight excluding hydrogens is 312 g/mol. The van der Waals surface area contributed by atoms with Crippen molar-refractivity contribution in [2.24, 2.45) is 5.92 Å². The number of ether oxygens (including phenoxy) is 1. The summed E-state index contributed by atoms with van der Waals surface area (Å²) in [5.41, 5.74) is 0. The van der Waals surface area contributed by atoms with E-state index in [9.17, 15) is 9.59 Å². The van der Waals surface area contributed by atoms with E-state index in [0.717, 1.165) is 18.8 Å². The molecule has 1 aromatic rings. The second-order valence-electron chi connectivity index (χ2n) is 6.41. The summed E-state index contributed by atoms with van der Waals surface area (Å²) in [6.07, 6.45) is 9.12. The molecule has 1 aliphatic carbocycles. The zero-order valence-corrected chi connectivity index (χ0v) is 14.2. The molecule has 24 heavy (non-hydrogen) atoms. The first-order valence-electron chi connectivity index (χ1n) is 8.82. The smallest absolute Gasteiger partial charge is 0.379 e. The third-order valence-electron chi connectivity index (χ3n) is 4.56. The Morgan fingerprint density at radius 3 is 2.75 bits per heavy atom. The molecule has 0 bridgehead atoms. The Labute approximate surface area is 141 Å². The average molecular weight is 338 g/mol. The van der Waals surface area contributed by atoms with Crippen LogP contribution in [0.2, 0.25) is 0 Å². The van der Waals surface area contributed by atoms with Gasteiger partial charge in [-0.05, 0) is 24.4 Å². The van der Waals surface area contributed by atoms with Gasteiger partial charge in [-0.1, -0.05) is 44.9 Å². The Kier molecular flexibility index (Phi) is 7.21. The molecule has 1 aromatic heterocycles. The predicted octanol–water partition coefficient (Wildman–Crippen LogP) is 3.56. The monoisotopic (exact) mass is 338 g/mol. The van der Waals surface area contributed by atoms with Gasteiger partial charge in [0.25, 0.3) is 5.82 Å². The third kappa shape index (κ3) is 5.62. The minimum atomic E-state index is -0.909. The van der Waals surface area contributed by atoms with Crippen LogP contribution in [0, 0.1) is 5.92 Å². The number of carbonyl (C=O) groups excluding carboxylic acids is 1. The summed E-state index contributed by atoms with van der Waals surface area (Å²) in [5.74, 6) is -1.10. The van der Waals surface area contributed by atoms with Crippen molar-refractivity contribution in [2.75, 3.05) is 6.61 Å². The molecule has 1 fully saturated rings. The second-order valence-corrected chi connectivity index (χ2v) is 6.41. The van der Waals surface area contributed by atoms with Gasteiger partial charge in [-0.3, -0.25) is 4.79 Å². The minimum Gasteiger partial charge on any atom is -0.481 e. The van der Waals surface area contributed by atoms with Crippen molar-refractivity contribution in [2.45, 2.75) is 70.6 Å². The van der Waals surface area contributed by atoms with Crippen LogP contribution in [0.25, 0.3) is 0 Å². The van der Waals surface area contributed by atoms with Gasteiger partial charge in [-0.15, -0.1) is 0 Å². The summed E-state index contributed by atoms with van der Waals surface area (Å²) in [5, 5.41) is 12.7. The molecule has 1 atom stereocenters. The van der Waals surface area contributed by atoms with Gasteiger partial charge >= 0.3 is 11.9 Å². The van der Waals surface area contributed by atoms with E-state index < -0.39 is 11.9 Å². The molecule has 1 heterocycles. The molecule has 0 aliphatic heterocycles. The van der Waals surface area contributed by atoms with Crippen LogP contribution >= 0.6 is 0 Å². The van der Waals surface area contributed by atoms with Gasteiger partial charge < -0.3 is 14.4 Å². The summed E-state index contributed by atoms with van der Waals surface area (Å²) in [6.45, 7) is 1.92. The van der Waals surface area contributed by atoms with Gasteiger partial charge in [0.2, 0.25) is 5.89 Å². The van der Waals surface area contributed by atoms with Crippen molar-refractivity contribution in [1.82, 2.24) is 10.1 Å². The van der Waals surface area contributed by atoms with Gasteiger partial charge in [0.05, 0.1) is 13.0 Å². The zero-order chi connectivity index (χ0) is 17.4. The summed E-state index contributed by atoms with van der Waals surface area (Å²) in [6, 6.07) is 0. The van der Waals surface area contributed by atoms with Crippen LogP contribution in [-0.2, 0) is 9.53 Å². The fourth-order valence-electron chi connectivity index (χ4n) is 3.33. The molecule has 1 N–H and O–H groups in total. The normalized spacial score (nSPS) is 16.7. The second kappa shape index (κ2) is 9.39. The molecule has 0 aromatic carbocycles. The highest BCUT2D eigenvalue weighted by Crippen LogP contribution is 2.31. The lowest BCUT2D eigenvalue weighted by Gasteiger charge is -2.21. The minimum absolute atomic E-state index is 0.0743. The summed E-state index contributed by atoms with van der Waals surface area (Å²) in [4.78, 5) is 26.7. The lowest BCUT2D eigenvalue weighted by Crippen LogP contribution is -2.11. The van der Waals surface area contributed by atoms with E-state index in [1.165, 1.54) is 32.1 Å². The summed E-state index contributed by atoms with van der Waals surface area (Å²) >= 11 is 0. The fourth-order valence-corrected chi connectivity index (χ4v) is 3.33. The van der Waals surface area contributed by atoms with E-state index in [0.29, 0.717) is 6.42 Å². The molecule has 0 spiro atoms. The van der Waals surface area contributed by atoms with E-state index in [2.05, 4.69) is 10.1 Å². The maximum Gasteiger partial charge on any atom is 0.379 e. The molecule has 134 valence electrons. The number of aliphatic carboxylic acids is 1. The molecule has 7 nitrogen and oxygen atoms in total. The first kappa shape index (κ1) is 18.4. The number of carbonyl (C=O) groups is 2. The maximum absolute atomic E-state index is 11.6. The standard InChI is InChI=1S/C17H26N2O5/c1-2-23-17(22)15-18-16(24-19-15)13(11-14(20)21)10-6-9-12-7-4-3-5-8-12/h12-13H,2-11H2,1H3,(H,20,21). The highest BCUT2D eigenvalue weighted by Gasteiger charge is 2.25. The zero-order valence-electron chi connectivity index (χ0n) is 14.2. The van der Waals surface area contributed by atoms with Crippen molar-refractivity contribution in [3.8, 4) is 0 Å². The van der Waals surface area contributed by atoms with Crippen LogP contribution in [-0.4, -0.2) is 33.8 Å². The van der Waals surface area contributed by atoms with Crippen LogP contribution in [0.15, 0.2) is 4.52 Å². The molecule has 7 heteroatoms. The van der Waals surface area contributed by atoms with Crippen LogP contribution < -0.4 is 0 Å². The number of rotatable bonds is 9. The van der Waals surface area contributed by atoms with Crippen LogP contribution in [0.5, 0.6) is 0 Å². The lowest BCUT2D eigenvalue weighted by molar-refractivity contribution is -0.137. The Morgan fingerprint density at radius 2 is 2.08 bits per heavy atom. The van der Waals surface area contributed by atoms with Crippen molar-refractivity contribution in [3.05, 3.63) is 11.7 Å². The van der Waals surface area contributed by atoms with Crippen molar-refractivity contribution in [3.63, 3.8) is 0 Å². The van der Waals surface area contributed by atoms with Crippen LogP contribution in [0.1, 0.15) is 87.1 Å². The molecule has 0 radical (unpaired) electrons. The van der Waals surface area contributed by atoms with E-state index in [1.54, 1.807) is 6.92 Å². The summed E-state index contributed by atoms with van der Waals surface area (Å²) < 4.78 is 9.93. The van der Waals surface area contributed by atoms with Gasteiger partial charge in [-0.2, -0.15) is 4.98 Å². The highest BCUT2D eigenvalue weighted by molar-refractivity contribution is 5.84. The number of esters is 1.